The van der Waals surface area contributed by atoms with Crippen LogP contribution in [-0.4, -0.2) is 18.5 Å². The van der Waals surface area contributed by atoms with E-state index in [-0.39, 0.29) is 5.70 Å². The second-order valence-corrected chi connectivity index (χ2v) is 9.59. The summed E-state index contributed by atoms with van der Waals surface area (Å²) in [4.78, 5) is 26.6. The Morgan fingerprint density at radius 2 is 1.76 bits per heavy atom. The van der Waals surface area contributed by atoms with Gasteiger partial charge in [0.2, 0.25) is 0 Å². The van der Waals surface area contributed by atoms with E-state index in [2.05, 4.69) is 39.4 Å². The van der Waals surface area contributed by atoms with Crippen LogP contribution in [-0.2, 0) is 11.4 Å². The summed E-state index contributed by atoms with van der Waals surface area (Å²) in [5.74, 6) is 0.601. The van der Waals surface area contributed by atoms with Gasteiger partial charge >= 0.3 is 6.03 Å². The van der Waals surface area contributed by atoms with E-state index in [1.54, 1.807) is 36.4 Å². The first-order valence-corrected chi connectivity index (χ1v) is 12.8. The van der Waals surface area contributed by atoms with E-state index in [1.165, 1.54) is 0 Å². The number of nitrogens with one attached hydrogen (secondary N) is 1. The molecule has 4 aromatic rings. The van der Waals surface area contributed by atoms with Crippen LogP contribution in [0.3, 0.4) is 0 Å². The molecule has 8 heteroatoms. The third kappa shape index (κ3) is 5.19. The Hall–Kier alpha value is -3.81. The van der Waals surface area contributed by atoms with Crippen molar-refractivity contribution in [1.29, 1.82) is 0 Å². The molecule has 37 heavy (non-hydrogen) atoms. The largest absolute Gasteiger partial charge is 0.490 e. The maximum atomic E-state index is 13.0. The number of nitrogens with zero attached hydrogens (tertiary/aromatic N) is 1. The van der Waals surface area contributed by atoms with Gasteiger partial charge in [-0.3, -0.25) is 4.79 Å². The maximum absolute atomic E-state index is 13.0. The van der Waals surface area contributed by atoms with Crippen molar-refractivity contribution in [2.75, 3.05) is 11.5 Å². The number of carbonyl (C=O) groups excluding carboxylic acids is 2. The van der Waals surface area contributed by atoms with Crippen LogP contribution in [0.2, 0.25) is 5.02 Å². The number of hydrogen-bond donors (Lipinski definition) is 1. The van der Waals surface area contributed by atoms with Crippen LogP contribution in [0, 0.1) is 0 Å². The molecule has 6 nitrogen and oxygen atoms in total. The zero-order chi connectivity index (χ0) is 25.9. The molecule has 5 rings (SSSR count). The van der Waals surface area contributed by atoms with Crippen molar-refractivity contribution in [3.05, 3.63) is 105 Å². The molecule has 186 valence electrons. The first kappa shape index (κ1) is 24.9. The van der Waals surface area contributed by atoms with Crippen LogP contribution in [0.5, 0.6) is 11.5 Å². The molecule has 1 fully saturated rings. The first-order valence-electron chi connectivity index (χ1n) is 11.6. The summed E-state index contributed by atoms with van der Waals surface area (Å²) in [6, 6.07) is 23.9. The van der Waals surface area contributed by atoms with E-state index in [1.807, 2.05) is 37.3 Å². The number of fused-ring (bicyclic) bond motifs is 1. The van der Waals surface area contributed by atoms with Gasteiger partial charge in [0.15, 0.2) is 11.5 Å². The van der Waals surface area contributed by atoms with Gasteiger partial charge in [0.25, 0.3) is 5.91 Å². The van der Waals surface area contributed by atoms with Crippen LogP contribution in [0.1, 0.15) is 18.1 Å². The molecule has 1 heterocycles. The third-order valence-corrected chi connectivity index (χ3v) is 6.66. The minimum absolute atomic E-state index is 0.142. The Morgan fingerprint density at radius 1 is 0.973 bits per heavy atom. The molecule has 0 bridgehead atoms. The quantitative estimate of drug-likeness (QED) is 0.184. The summed E-state index contributed by atoms with van der Waals surface area (Å²) in [6.45, 7) is 2.66. The van der Waals surface area contributed by atoms with E-state index >= 15 is 0 Å². The molecule has 0 spiro atoms. The third-order valence-electron chi connectivity index (χ3n) is 5.84. The normalized spacial score (nSPS) is 14.4. The van der Waals surface area contributed by atoms with E-state index < -0.39 is 11.9 Å². The van der Waals surface area contributed by atoms with E-state index in [0.29, 0.717) is 45.5 Å². The fourth-order valence-electron chi connectivity index (χ4n) is 4.19. The van der Waals surface area contributed by atoms with Crippen molar-refractivity contribution in [1.82, 2.24) is 5.32 Å². The monoisotopic (exact) mass is 576 g/mol. The molecule has 0 radical (unpaired) electrons. The summed E-state index contributed by atoms with van der Waals surface area (Å²) in [7, 11) is 0. The zero-order valence-corrected chi connectivity index (χ0v) is 22.2. The van der Waals surface area contributed by atoms with Crippen molar-refractivity contribution in [3.63, 3.8) is 0 Å². The smallest absolute Gasteiger partial charge is 0.333 e. The van der Waals surface area contributed by atoms with Crippen LogP contribution in [0.4, 0.5) is 10.5 Å². The zero-order valence-electron chi connectivity index (χ0n) is 19.8. The number of benzene rings is 4. The van der Waals surface area contributed by atoms with Gasteiger partial charge in [-0.1, -0.05) is 60.1 Å². The maximum Gasteiger partial charge on any atom is 0.333 e. The van der Waals surface area contributed by atoms with Gasteiger partial charge in [-0.2, -0.15) is 0 Å². The fourth-order valence-corrected chi connectivity index (χ4v) is 4.95. The summed E-state index contributed by atoms with van der Waals surface area (Å²) in [6.07, 6.45) is 1.60. The van der Waals surface area contributed by atoms with E-state index in [9.17, 15) is 9.59 Å². The second-order valence-electron chi connectivity index (χ2n) is 8.30. The van der Waals surface area contributed by atoms with Crippen LogP contribution in [0.15, 0.2) is 89.0 Å². The molecule has 0 aromatic heterocycles. The van der Waals surface area contributed by atoms with Gasteiger partial charge in [-0.05, 0) is 81.2 Å². The second kappa shape index (κ2) is 10.7. The van der Waals surface area contributed by atoms with Gasteiger partial charge < -0.3 is 14.8 Å². The van der Waals surface area contributed by atoms with Crippen LogP contribution >= 0.6 is 27.5 Å². The molecule has 0 unspecified atom stereocenters. The average molecular weight is 578 g/mol. The Labute approximate surface area is 227 Å². The van der Waals surface area contributed by atoms with Gasteiger partial charge in [-0.25, -0.2) is 9.69 Å². The summed E-state index contributed by atoms with van der Waals surface area (Å²) >= 11 is 9.63. The van der Waals surface area contributed by atoms with E-state index in [4.69, 9.17) is 21.1 Å². The highest BCUT2D eigenvalue weighted by atomic mass is 79.9. The lowest BCUT2D eigenvalue weighted by molar-refractivity contribution is -0.113. The van der Waals surface area contributed by atoms with Gasteiger partial charge in [0.1, 0.15) is 12.3 Å². The van der Waals surface area contributed by atoms with Crippen molar-refractivity contribution >= 4 is 62.0 Å². The minimum Gasteiger partial charge on any atom is -0.490 e. The summed E-state index contributed by atoms with van der Waals surface area (Å²) in [5, 5.41) is 5.34. The number of anilines is 1. The van der Waals surface area contributed by atoms with Crippen molar-refractivity contribution in [2.45, 2.75) is 13.5 Å². The molecule has 3 amide bonds. The molecule has 1 N–H and O–H groups in total. The van der Waals surface area contributed by atoms with Crippen molar-refractivity contribution in [3.8, 4) is 11.5 Å². The van der Waals surface area contributed by atoms with Gasteiger partial charge in [0.05, 0.1) is 16.8 Å². The average Bonchev–Trinajstić information content (AvgIpc) is 3.16. The number of imide groups is 1. The molecule has 1 aliphatic rings. The molecule has 0 atom stereocenters. The Balaban J connectivity index is 1.42. The highest BCUT2D eigenvalue weighted by molar-refractivity contribution is 9.10. The summed E-state index contributed by atoms with van der Waals surface area (Å²) in [5.41, 5.74) is 2.25. The number of halogens is 2. The molecule has 0 saturated carbocycles. The predicted molar refractivity (Wildman–Crippen MR) is 149 cm³/mol. The first-order chi connectivity index (χ1) is 17.9. The molecule has 0 aliphatic carbocycles. The SMILES string of the molecule is CCOc1cc(/C=C2/NC(=O)N(c3cccc(Cl)c3)C2=O)cc(Br)c1OCc1cccc2ccccc12. The van der Waals surface area contributed by atoms with Gasteiger partial charge in [0, 0.05) is 5.02 Å². The highest BCUT2D eigenvalue weighted by Crippen LogP contribution is 2.38. The number of carbonyl (C=O) groups is 2. The highest BCUT2D eigenvalue weighted by Gasteiger charge is 2.35. The Morgan fingerprint density at radius 3 is 2.57 bits per heavy atom. The molecule has 1 aliphatic heterocycles. The number of rotatable bonds is 7. The molecular formula is C29H22BrClN2O4. The Bertz CT molecular complexity index is 1550. The fraction of sp³-hybridized carbons (Fsp3) is 0.103. The molecule has 1 saturated heterocycles. The molecular weight excluding hydrogens is 556 g/mol. The number of urea groups is 1. The topological polar surface area (TPSA) is 67.9 Å². The molecule has 4 aromatic carbocycles. The number of hydrogen-bond acceptors (Lipinski definition) is 4. The standard InChI is InChI=1S/C29H22BrClN2O4/c1-2-36-26-15-18(14-25-28(34)33(29(35)32-25)22-11-6-10-21(31)16-22)13-24(30)27(26)37-17-20-9-5-8-19-7-3-4-12-23(19)20/h3-16H,2,17H2,1H3,(H,32,35)/b25-14+. The Kier molecular flexibility index (Phi) is 7.17. The van der Waals surface area contributed by atoms with Gasteiger partial charge in [-0.15, -0.1) is 0 Å². The lowest BCUT2D eigenvalue weighted by Gasteiger charge is -2.16. The number of ether oxygens (including phenoxy) is 2. The van der Waals surface area contributed by atoms with E-state index in [0.717, 1.165) is 21.2 Å². The minimum atomic E-state index is -0.544. The lowest BCUT2D eigenvalue weighted by Crippen LogP contribution is -2.30. The van der Waals surface area contributed by atoms with Crippen LogP contribution < -0.4 is 19.7 Å². The predicted octanol–water partition coefficient (Wildman–Crippen LogP) is 7.33. The van der Waals surface area contributed by atoms with Crippen molar-refractivity contribution in [2.24, 2.45) is 0 Å². The van der Waals surface area contributed by atoms with Crippen LogP contribution in [0.25, 0.3) is 16.8 Å². The number of amides is 3. The summed E-state index contributed by atoms with van der Waals surface area (Å²) < 4.78 is 12.7. The van der Waals surface area contributed by atoms with Crippen molar-refractivity contribution < 1.29 is 19.1 Å². The lowest BCUT2D eigenvalue weighted by atomic mass is 10.1.